The maximum Gasteiger partial charge on any atom is 0.272 e. The van der Waals surface area contributed by atoms with E-state index in [9.17, 15) is 9.90 Å². The van der Waals surface area contributed by atoms with Gasteiger partial charge in [0.25, 0.3) is 5.91 Å². The lowest BCUT2D eigenvalue weighted by molar-refractivity contribution is -0.0952. The van der Waals surface area contributed by atoms with E-state index in [1.807, 2.05) is 17.0 Å². The summed E-state index contributed by atoms with van der Waals surface area (Å²) in [7, 11) is 0. The van der Waals surface area contributed by atoms with Gasteiger partial charge in [-0.1, -0.05) is 6.07 Å². The Morgan fingerprint density at radius 2 is 2.11 bits per heavy atom. The number of rotatable bonds is 1. The molecule has 4 nitrogen and oxygen atoms in total. The fourth-order valence-corrected chi connectivity index (χ4v) is 3.07. The van der Waals surface area contributed by atoms with Gasteiger partial charge >= 0.3 is 0 Å². The van der Waals surface area contributed by atoms with Crippen molar-refractivity contribution in [1.82, 2.24) is 9.88 Å². The minimum absolute atomic E-state index is 0.0132. The van der Waals surface area contributed by atoms with Gasteiger partial charge in [-0.3, -0.25) is 9.78 Å². The quantitative estimate of drug-likeness (QED) is 0.816. The van der Waals surface area contributed by atoms with Gasteiger partial charge in [-0.15, -0.1) is 0 Å². The SMILES string of the molecule is O=C(c1ccccn1)N1CCC2(CCC2O)CC1. The molecule has 0 bridgehead atoms. The van der Waals surface area contributed by atoms with E-state index in [-0.39, 0.29) is 17.4 Å². The van der Waals surface area contributed by atoms with Gasteiger partial charge in [-0.25, -0.2) is 0 Å². The van der Waals surface area contributed by atoms with E-state index in [0.717, 1.165) is 38.8 Å². The van der Waals surface area contributed by atoms with E-state index in [4.69, 9.17) is 0 Å². The highest BCUT2D eigenvalue weighted by atomic mass is 16.3. The van der Waals surface area contributed by atoms with Crippen LogP contribution in [0.3, 0.4) is 0 Å². The molecule has 1 atom stereocenters. The van der Waals surface area contributed by atoms with Crippen LogP contribution in [-0.2, 0) is 0 Å². The van der Waals surface area contributed by atoms with Crippen LogP contribution in [0, 0.1) is 5.41 Å². The molecule has 1 aliphatic carbocycles. The number of aromatic nitrogens is 1. The molecular formula is C14H18N2O2. The molecule has 1 aromatic rings. The molecule has 4 heteroatoms. The lowest BCUT2D eigenvalue weighted by atomic mass is 9.61. The van der Waals surface area contributed by atoms with Gasteiger partial charge < -0.3 is 10.0 Å². The summed E-state index contributed by atoms with van der Waals surface area (Å²) in [5.74, 6) is 0.0132. The smallest absolute Gasteiger partial charge is 0.272 e. The van der Waals surface area contributed by atoms with Gasteiger partial charge in [0.05, 0.1) is 6.10 Å². The highest BCUT2D eigenvalue weighted by molar-refractivity contribution is 5.92. The first-order valence-corrected chi connectivity index (χ1v) is 6.60. The monoisotopic (exact) mass is 246 g/mol. The summed E-state index contributed by atoms with van der Waals surface area (Å²) in [4.78, 5) is 18.2. The molecule has 18 heavy (non-hydrogen) atoms. The van der Waals surface area contributed by atoms with Crippen molar-refractivity contribution in [3.63, 3.8) is 0 Å². The summed E-state index contributed by atoms with van der Waals surface area (Å²) in [5.41, 5.74) is 0.628. The Balaban J connectivity index is 1.65. The number of carbonyl (C=O) groups excluding carboxylic acids is 1. The van der Waals surface area contributed by atoms with Gasteiger partial charge in [-0.05, 0) is 43.2 Å². The standard InChI is InChI=1S/C14H18N2O2/c17-12-4-5-14(12)6-9-16(10-7-14)13(18)11-3-1-2-8-15-11/h1-3,8,12,17H,4-7,9-10H2. The number of pyridine rings is 1. The molecule has 1 unspecified atom stereocenters. The van der Waals surface area contributed by atoms with Gasteiger partial charge in [0.15, 0.2) is 0 Å². The Hall–Kier alpha value is -1.42. The average Bonchev–Trinajstić information content (AvgIpc) is 2.46. The molecule has 1 aliphatic heterocycles. The van der Waals surface area contributed by atoms with Crippen molar-refractivity contribution in [2.24, 2.45) is 5.41 Å². The molecule has 0 aromatic carbocycles. The van der Waals surface area contributed by atoms with Crippen molar-refractivity contribution in [2.45, 2.75) is 31.8 Å². The zero-order valence-electron chi connectivity index (χ0n) is 10.4. The first-order chi connectivity index (χ1) is 8.71. The first-order valence-electron chi connectivity index (χ1n) is 6.60. The number of aliphatic hydroxyl groups is 1. The predicted octanol–water partition coefficient (Wildman–Crippen LogP) is 1.46. The molecule has 2 heterocycles. The highest BCUT2D eigenvalue weighted by Gasteiger charge is 2.47. The van der Waals surface area contributed by atoms with Crippen LogP contribution in [0.5, 0.6) is 0 Å². The van der Waals surface area contributed by atoms with Gasteiger partial charge in [-0.2, -0.15) is 0 Å². The van der Waals surface area contributed by atoms with E-state index in [1.54, 1.807) is 12.3 Å². The van der Waals surface area contributed by atoms with Crippen molar-refractivity contribution >= 4 is 5.91 Å². The highest BCUT2D eigenvalue weighted by Crippen LogP contribution is 2.49. The second-order valence-corrected chi connectivity index (χ2v) is 5.42. The maximum atomic E-state index is 12.2. The molecule has 1 spiro atoms. The Kier molecular flexibility index (Phi) is 2.82. The van der Waals surface area contributed by atoms with Crippen LogP contribution >= 0.6 is 0 Å². The summed E-state index contributed by atoms with van der Waals surface area (Å²) in [6, 6.07) is 5.40. The summed E-state index contributed by atoms with van der Waals surface area (Å²) >= 11 is 0. The topological polar surface area (TPSA) is 53.4 Å². The number of nitrogens with zero attached hydrogens (tertiary/aromatic N) is 2. The molecule has 3 rings (SSSR count). The van der Waals surface area contributed by atoms with Crippen molar-refractivity contribution in [2.75, 3.05) is 13.1 Å². The van der Waals surface area contributed by atoms with E-state index >= 15 is 0 Å². The number of likely N-dealkylation sites (tertiary alicyclic amines) is 1. The molecular weight excluding hydrogens is 228 g/mol. The van der Waals surface area contributed by atoms with E-state index < -0.39 is 0 Å². The minimum Gasteiger partial charge on any atom is -0.393 e. The number of hydrogen-bond acceptors (Lipinski definition) is 3. The summed E-state index contributed by atoms with van der Waals surface area (Å²) in [6.07, 6.45) is 5.38. The van der Waals surface area contributed by atoms with Crippen LogP contribution in [0.1, 0.15) is 36.2 Å². The molecule has 96 valence electrons. The van der Waals surface area contributed by atoms with Gasteiger partial charge in [0, 0.05) is 19.3 Å². The Labute approximate surface area is 107 Å². The Bertz CT molecular complexity index is 438. The maximum absolute atomic E-state index is 12.2. The lowest BCUT2D eigenvalue weighted by Gasteiger charge is -2.51. The van der Waals surface area contributed by atoms with Crippen molar-refractivity contribution in [3.8, 4) is 0 Å². The summed E-state index contributed by atoms with van der Waals surface area (Å²) in [5, 5.41) is 9.85. The third kappa shape index (κ3) is 1.81. The Morgan fingerprint density at radius 3 is 2.61 bits per heavy atom. The third-order valence-corrected chi connectivity index (χ3v) is 4.55. The lowest BCUT2D eigenvalue weighted by Crippen LogP contribution is -2.53. The number of carbonyl (C=O) groups is 1. The summed E-state index contributed by atoms with van der Waals surface area (Å²) < 4.78 is 0. The third-order valence-electron chi connectivity index (χ3n) is 4.55. The van der Waals surface area contributed by atoms with E-state index in [1.165, 1.54) is 0 Å². The molecule has 2 fully saturated rings. The number of piperidine rings is 1. The van der Waals surface area contributed by atoms with Crippen LogP contribution in [-0.4, -0.2) is 40.1 Å². The van der Waals surface area contributed by atoms with E-state index in [0.29, 0.717) is 5.69 Å². The fraction of sp³-hybridized carbons (Fsp3) is 0.571. The number of aliphatic hydroxyl groups excluding tert-OH is 1. The molecule has 1 aromatic heterocycles. The zero-order chi connectivity index (χ0) is 12.6. The van der Waals surface area contributed by atoms with Crippen molar-refractivity contribution < 1.29 is 9.90 Å². The normalized spacial score (nSPS) is 25.8. The van der Waals surface area contributed by atoms with Crippen molar-refractivity contribution in [3.05, 3.63) is 30.1 Å². The largest absolute Gasteiger partial charge is 0.393 e. The first kappa shape index (κ1) is 11.7. The molecule has 1 N–H and O–H groups in total. The van der Waals surface area contributed by atoms with E-state index in [2.05, 4.69) is 4.98 Å². The molecule has 0 radical (unpaired) electrons. The molecule has 2 aliphatic rings. The van der Waals surface area contributed by atoms with Gasteiger partial charge in [0.1, 0.15) is 5.69 Å². The number of hydrogen-bond donors (Lipinski definition) is 1. The fourth-order valence-electron chi connectivity index (χ4n) is 3.07. The predicted molar refractivity (Wildman–Crippen MR) is 67.0 cm³/mol. The van der Waals surface area contributed by atoms with Crippen LogP contribution in [0.4, 0.5) is 0 Å². The van der Waals surface area contributed by atoms with Crippen LogP contribution in [0.25, 0.3) is 0 Å². The van der Waals surface area contributed by atoms with Crippen LogP contribution in [0.15, 0.2) is 24.4 Å². The zero-order valence-corrected chi connectivity index (χ0v) is 10.4. The van der Waals surface area contributed by atoms with Crippen LogP contribution < -0.4 is 0 Å². The molecule has 1 amide bonds. The van der Waals surface area contributed by atoms with Crippen molar-refractivity contribution in [1.29, 1.82) is 0 Å². The molecule has 1 saturated carbocycles. The van der Waals surface area contributed by atoms with Gasteiger partial charge in [0.2, 0.25) is 0 Å². The second-order valence-electron chi connectivity index (χ2n) is 5.42. The number of amides is 1. The van der Waals surface area contributed by atoms with Crippen LogP contribution in [0.2, 0.25) is 0 Å². The Morgan fingerprint density at radius 1 is 1.33 bits per heavy atom. The summed E-state index contributed by atoms with van der Waals surface area (Å²) in [6.45, 7) is 1.49. The molecule has 1 saturated heterocycles. The average molecular weight is 246 g/mol. The second kappa shape index (κ2) is 4.35. The minimum atomic E-state index is -0.149.